The van der Waals surface area contributed by atoms with Crippen molar-refractivity contribution in [1.29, 1.82) is 0 Å². The van der Waals surface area contributed by atoms with Gasteiger partial charge in [0, 0.05) is 30.8 Å². The van der Waals surface area contributed by atoms with Crippen molar-refractivity contribution in [2.24, 2.45) is 0 Å². The highest BCUT2D eigenvalue weighted by atomic mass is 31.2. The van der Waals surface area contributed by atoms with Crippen LogP contribution in [0.4, 0.5) is 19.0 Å². The van der Waals surface area contributed by atoms with Crippen LogP contribution in [0.3, 0.4) is 0 Å². The second kappa shape index (κ2) is 8.45. The van der Waals surface area contributed by atoms with E-state index in [-0.39, 0.29) is 5.56 Å². The van der Waals surface area contributed by atoms with Crippen molar-refractivity contribution < 1.29 is 17.7 Å². The molecule has 1 saturated heterocycles. The van der Waals surface area contributed by atoms with E-state index in [0.29, 0.717) is 59.0 Å². The van der Waals surface area contributed by atoms with Crippen molar-refractivity contribution in [2.75, 3.05) is 30.7 Å². The van der Waals surface area contributed by atoms with Gasteiger partial charge in [0.1, 0.15) is 24.2 Å². The standard InChI is InChI=1S/C22H25F3N5OP/c1-13-16(5-4-6-18(13)22(23,24)25)14(2)28-21-17-11-20(32(31)9-7-26-8-10-32)27-12-19(17)29-15(3)30-21/h4-6,11-12,14,26H,7-10H2,1-3H3,(H,28,29,30)/t14-/m1/s1. The molecular formula is C22H25F3N5OP. The van der Waals surface area contributed by atoms with Crippen molar-refractivity contribution >= 4 is 29.3 Å². The lowest BCUT2D eigenvalue weighted by Crippen LogP contribution is -2.33. The first-order valence-corrected chi connectivity index (χ1v) is 12.5. The molecule has 10 heteroatoms. The number of hydrogen-bond acceptors (Lipinski definition) is 6. The molecule has 170 valence electrons. The summed E-state index contributed by atoms with van der Waals surface area (Å²) in [6.07, 6.45) is -1.73. The van der Waals surface area contributed by atoms with Gasteiger partial charge in [-0.15, -0.1) is 0 Å². The average Bonchev–Trinajstić information content (AvgIpc) is 2.73. The third kappa shape index (κ3) is 4.36. The quantitative estimate of drug-likeness (QED) is 0.558. The topological polar surface area (TPSA) is 79.8 Å². The zero-order valence-corrected chi connectivity index (χ0v) is 19.0. The zero-order chi connectivity index (χ0) is 23.1. The molecule has 2 aromatic heterocycles. The molecule has 1 fully saturated rings. The molecular weight excluding hydrogens is 438 g/mol. The van der Waals surface area contributed by atoms with Crippen LogP contribution in [0.1, 0.15) is 35.5 Å². The first kappa shape index (κ1) is 22.7. The van der Waals surface area contributed by atoms with Crippen molar-refractivity contribution in [2.45, 2.75) is 33.0 Å². The Morgan fingerprint density at radius 3 is 2.56 bits per heavy atom. The van der Waals surface area contributed by atoms with Gasteiger partial charge in [-0.05, 0) is 44.0 Å². The summed E-state index contributed by atoms with van der Waals surface area (Å²) >= 11 is 0. The third-order valence-corrected chi connectivity index (χ3v) is 8.87. The molecule has 6 nitrogen and oxygen atoms in total. The summed E-state index contributed by atoms with van der Waals surface area (Å²) in [5.41, 5.74) is 1.20. The molecule has 0 saturated carbocycles. The van der Waals surface area contributed by atoms with Gasteiger partial charge >= 0.3 is 6.18 Å². The van der Waals surface area contributed by atoms with Gasteiger partial charge in [0.25, 0.3) is 0 Å². The molecule has 0 amide bonds. The van der Waals surface area contributed by atoms with E-state index < -0.39 is 24.9 Å². The van der Waals surface area contributed by atoms with Gasteiger partial charge in [0.05, 0.1) is 23.3 Å². The molecule has 0 bridgehead atoms. The van der Waals surface area contributed by atoms with Gasteiger partial charge in [0.15, 0.2) is 0 Å². The second-order valence-corrected chi connectivity index (χ2v) is 11.3. The van der Waals surface area contributed by atoms with E-state index in [0.717, 1.165) is 6.07 Å². The number of aryl methyl sites for hydroxylation is 1. The normalized spacial score (nSPS) is 17.3. The number of nitrogens with one attached hydrogen (secondary N) is 2. The van der Waals surface area contributed by atoms with Crippen LogP contribution in [0.25, 0.3) is 10.9 Å². The Kier molecular flexibility index (Phi) is 5.98. The number of aromatic nitrogens is 3. The number of fused-ring (bicyclic) bond motifs is 1. The lowest BCUT2D eigenvalue weighted by molar-refractivity contribution is -0.138. The predicted molar refractivity (Wildman–Crippen MR) is 120 cm³/mol. The first-order chi connectivity index (χ1) is 15.1. The van der Waals surface area contributed by atoms with Crippen LogP contribution < -0.4 is 16.1 Å². The lowest BCUT2D eigenvalue weighted by atomic mass is 9.97. The number of benzene rings is 1. The largest absolute Gasteiger partial charge is 0.416 e. The van der Waals surface area contributed by atoms with Gasteiger partial charge in [-0.1, -0.05) is 12.1 Å². The van der Waals surface area contributed by atoms with E-state index in [1.165, 1.54) is 13.0 Å². The molecule has 0 radical (unpaired) electrons. The monoisotopic (exact) mass is 463 g/mol. The first-order valence-electron chi connectivity index (χ1n) is 10.5. The Morgan fingerprint density at radius 2 is 1.88 bits per heavy atom. The number of rotatable bonds is 4. The summed E-state index contributed by atoms with van der Waals surface area (Å²) in [6, 6.07) is 5.51. The Balaban J connectivity index is 1.74. The Bertz CT molecular complexity index is 1200. The maximum atomic E-state index is 13.4. The summed E-state index contributed by atoms with van der Waals surface area (Å²) in [7, 11) is -2.61. The number of pyridine rings is 1. The highest BCUT2D eigenvalue weighted by Gasteiger charge is 2.33. The van der Waals surface area contributed by atoms with Crippen LogP contribution >= 0.6 is 7.14 Å². The van der Waals surface area contributed by atoms with E-state index in [1.807, 2.05) is 0 Å². The Hall–Kier alpha value is -2.51. The van der Waals surface area contributed by atoms with Crippen molar-refractivity contribution in [1.82, 2.24) is 20.3 Å². The fourth-order valence-electron chi connectivity index (χ4n) is 4.17. The Labute approximate surface area is 184 Å². The van der Waals surface area contributed by atoms with Crippen LogP contribution in [0.5, 0.6) is 0 Å². The molecule has 3 heterocycles. The van der Waals surface area contributed by atoms with Gasteiger partial charge < -0.3 is 15.2 Å². The van der Waals surface area contributed by atoms with Gasteiger partial charge in [-0.3, -0.25) is 4.98 Å². The van der Waals surface area contributed by atoms with Crippen molar-refractivity contribution in [3.8, 4) is 0 Å². The predicted octanol–water partition coefficient (Wildman–Crippen LogP) is 4.43. The maximum Gasteiger partial charge on any atom is 0.416 e. The summed E-state index contributed by atoms with van der Waals surface area (Å²) in [6.45, 7) is 6.37. The molecule has 3 aromatic rings. The number of anilines is 1. The lowest BCUT2D eigenvalue weighted by Gasteiger charge is -2.24. The summed E-state index contributed by atoms with van der Waals surface area (Å²) in [5.74, 6) is 0.998. The second-order valence-electron chi connectivity index (χ2n) is 8.15. The summed E-state index contributed by atoms with van der Waals surface area (Å²) in [4.78, 5) is 13.4. The van der Waals surface area contributed by atoms with Gasteiger partial charge in [-0.2, -0.15) is 13.2 Å². The van der Waals surface area contributed by atoms with Gasteiger partial charge in [-0.25, -0.2) is 9.97 Å². The molecule has 1 atom stereocenters. The fraction of sp³-hybridized carbons (Fsp3) is 0.409. The SMILES string of the molecule is Cc1nc(N[C@H](C)c2cccc(C(F)(F)F)c2C)c2cc(P3(=O)CCNCC3)ncc2n1. The molecule has 1 aliphatic rings. The van der Waals surface area contributed by atoms with Crippen molar-refractivity contribution in [3.05, 3.63) is 53.0 Å². The van der Waals surface area contributed by atoms with E-state index in [9.17, 15) is 17.7 Å². The average molecular weight is 463 g/mol. The van der Waals surface area contributed by atoms with Crippen LogP contribution in [-0.4, -0.2) is 40.4 Å². The highest BCUT2D eigenvalue weighted by molar-refractivity contribution is 7.71. The fourth-order valence-corrected chi connectivity index (χ4v) is 6.52. The number of alkyl halides is 3. The highest BCUT2D eigenvalue weighted by Crippen LogP contribution is 2.44. The summed E-state index contributed by atoms with van der Waals surface area (Å²) < 4.78 is 53.5. The number of hydrogen-bond donors (Lipinski definition) is 2. The van der Waals surface area contributed by atoms with Gasteiger partial charge in [0.2, 0.25) is 0 Å². The summed E-state index contributed by atoms with van der Waals surface area (Å²) in [5, 5.41) is 7.13. The minimum absolute atomic E-state index is 0.177. The van der Waals surface area contributed by atoms with E-state index in [1.54, 1.807) is 32.2 Å². The maximum absolute atomic E-state index is 13.4. The molecule has 0 unspecified atom stereocenters. The van der Waals surface area contributed by atoms with Crippen LogP contribution in [0.15, 0.2) is 30.5 Å². The Morgan fingerprint density at radius 1 is 1.16 bits per heavy atom. The number of halogens is 3. The molecule has 32 heavy (non-hydrogen) atoms. The van der Waals surface area contributed by atoms with Crippen molar-refractivity contribution in [3.63, 3.8) is 0 Å². The molecule has 1 aliphatic heterocycles. The molecule has 0 aliphatic carbocycles. The van der Waals surface area contributed by atoms with E-state index >= 15 is 0 Å². The zero-order valence-electron chi connectivity index (χ0n) is 18.1. The molecule has 1 aromatic carbocycles. The van der Waals surface area contributed by atoms with Crippen LogP contribution in [0.2, 0.25) is 0 Å². The van der Waals surface area contributed by atoms with E-state index in [2.05, 4.69) is 25.6 Å². The molecule has 0 spiro atoms. The van der Waals surface area contributed by atoms with E-state index in [4.69, 9.17) is 0 Å². The smallest absolute Gasteiger partial charge is 0.363 e. The molecule has 4 rings (SSSR count). The molecule has 2 N–H and O–H groups in total. The third-order valence-electron chi connectivity index (χ3n) is 5.90. The van der Waals surface area contributed by atoms with Crippen LogP contribution in [0, 0.1) is 13.8 Å². The minimum atomic E-state index is -4.42. The number of nitrogens with zero attached hydrogens (tertiary/aromatic N) is 3. The van der Waals surface area contributed by atoms with Crippen LogP contribution in [-0.2, 0) is 10.7 Å². The minimum Gasteiger partial charge on any atom is -0.363 e.